The number of carbonyl (C=O) groups excluding carboxylic acids is 1. The van der Waals surface area contributed by atoms with E-state index in [1.54, 1.807) is 0 Å². The van der Waals surface area contributed by atoms with Crippen LogP contribution in [0.3, 0.4) is 0 Å². The first-order chi connectivity index (χ1) is 9.16. The van der Waals surface area contributed by atoms with Crippen molar-refractivity contribution >= 4 is 44.3 Å². The predicted octanol–water partition coefficient (Wildman–Crippen LogP) is 5.26. The molecule has 2 rings (SSSR count). The molecule has 19 heavy (non-hydrogen) atoms. The van der Waals surface area contributed by atoms with E-state index in [0.29, 0.717) is 6.42 Å². The highest BCUT2D eigenvalue weighted by Gasteiger charge is 2.10. The minimum atomic E-state index is 0.210. The number of Topliss-reactive ketones (excluding diaryl/α,β-unsaturated/α-hetero) is 1. The SMILES string of the molecule is O=C(CCCc1ccccc1)c1cc(I)ccc1Br. The number of carbonyl (C=O) groups is 1. The van der Waals surface area contributed by atoms with E-state index in [1.807, 2.05) is 36.4 Å². The highest BCUT2D eigenvalue weighted by molar-refractivity contribution is 14.1. The Hall–Kier alpha value is -0.680. The van der Waals surface area contributed by atoms with Crippen molar-refractivity contribution in [2.24, 2.45) is 0 Å². The lowest BCUT2D eigenvalue weighted by Crippen LogP contribution is -2.01. The van der Waals surface area contributed by atoms with Gasteiger partial charge in [-0.05, 0) is 59.2 Å². The minimum Gasteiger partial charge on any atom is -0.294 e. The summed E-state index contributed by atoms with van der Waals surface area (Å²) in [5, 5.41) is 0. The van der Waals surface area contributed by atoms with Crippen molar-refractivity contribution < 1.29 is 4.79 Å². The fraction of sp³-hybridized carbons (Fsp3) is 0.188. The van der Waals surface area contributed by atoms with Gasteiger partial charge in [0.05, 0.1) is 0 Å². The first-order valence-electron chi connectivity index (χ1n) is 6.19. The lowest BCUT2D eigenvalue weighted by atomic mass is 10.0. The van der Waals surface area contributed by atoms with Crippen molar-refractivity contribution in [2.75, 3.05) is 0 Å². The molecule has 0 spiro atoms. The van der Waals surface area contributed by atoms with Crippen LogP contribution in [-0.2, 0) is 6.42 Å². The molecule has 0 amide bonds. The van der Waals surface area contributed by atoms with Gasteiger partial charge in [0, 0.05) is 20.0 Å². The Labute approximate surface area is 135 Å². The molecule has 0 atom stereocenters. The van der Waals surface area contributed by atoms with Gasteiger partial charge in [-0.15, -0.1) is 0 Å². The van der Waals surface area contributed by atoms with Gasteiger partial charge in [0.15, 0.2) is 5.78 Å². The van der Waals surface area contributed by atoms with E-state index in [1.165, 1.54) is 5.56 Å². The monoisotopic (exact) mass is 428 g/mol. The number of rotatable bonds is 5. The van der Waals surface area contributed by atoms with Gasteiger partial charge >= 0.3 is 0 Å². The average molecular weight is 429 g/mol. The van der Waals surface area contributed by atoms with Crippen LogP contribution in [0.5, 0.6) is 0 Å². The van der Waals surface area contributed by atoms with Gasteiger partial charge in [-0.1, -0.05) is 46.3 Å². The number of aryl methyl sites for hydroxylation is 1. The lowest BCUT2D eigenvalue weighted by molar-refractivity contribution is 0.0979. The summed E-state index contributed by atoms with van der Waals surface area (Å²) in [7, 11) is 0. The molecule has 1 nitrogen and oxygen atoms in total. The van der Waals surface area contributed by atoms with E-state index in [0.717, 1.165) is 26.4 Å². The van der Waals surface area contributed by atoms with Crippen molar-refractivity contribution in [3.63, 3.8) is 0 Å². The smallest absolute Gasteiger partial charge is 0.164 e. The zero-order chi connectivity index (χ0) is 13.7. The molecule has 0 unspecified atom stereocenters. The number of halogens is 2. The molecule has 0 heterocycles. The van der Waals surface area contributed by atoms with Crippen LogP contribution in [0.1, 0.15) is 28.8 Å². The molecule has 0 radical (unpaired) electrons. The summed E-state index contributed by atoms with van der Waals surface area (Å²) >= 11 is 5.67. The fourth-order valence-electron chi connectivity index (χ4n) is 1.94. The molecule has 3 heteroatoms. The highest BCUT2D eigenvalue weighted by atomic mass is 127. The predicted molar refractivity (Wildman–Crippen MR) is 90.6 cm³/mol. The largest absolute Gasteiger partial charge is 0.294 e. The maximum Gasteiger partial charge on any atom is 0.164 e. The summed E-state index contributed by atoms with van der Waals surface area (Å²) in [5.41, 5.74) is 2.08. The van der Waals surface area contributed by atoms with Crippen LogP contribution < -0.4 is 0 Å². The molecule has 0 aliphatic rings. The van der Waals surface area contributed by atoms with E-state index in [-0.39, 0.29) is 5.78 Å². The van der Waals surface area contributed by atoms with Crippen molar-refractivity contribution in [3.05, 3.63) is 67.7 Å². The Kier molecular flexibility index (Phi) is 5.58. The van der Waals surface area contributed by atoms with Gasteiger partial charge < -0.3 is 0 Å². The molecule has 2 aromatic rings. The Balaban J connectivity index is 1.93. The maximum atomic E-state index is 12.2. The van der Waals surface area contributed by atoms with E-state index >= 15 is 0 Å². The first-order valence-corrected chi connectivity index (χ1v) is 8.06. The summed E-state index contributed by atoms with van der Waals surface area (Å²) in [5.74, 6) is 0.210. The van der Waals surface area contributed by atoms with Crippen molar-refractivity contribution in [3.8, 4) is 0 Å². The molecule has 0 aromatic heterocycles. The molecular formula is C16H14BrIO. The fourth-order valence-corrected chi connectivity index (χ4v) is 2.90. The zero-order valence-electron chi connectivity index (χ0n) is 10.4. The number of ketones is 1. The third-order valence-electron chi connectivity index (χ3n) is 2.94. The van der Waals surface area contributed by atoms with Gasteiger partial charge in [0.25, 0.3) is 0 Å². The van der Waals surface area contributed by atoms with Crippen LogP contribution in [0.25, 0.3) is 0 Å². The van der Waals surface area contributed by atoms with Crippen LogP contribution in [0, 0.1) is 3.57 Å². The standard InChI is InChI=1S/C16H14BrIO/c17-15-10-9-13(18)11-14(15)16(19)8-4-7-12-5-2-1-3-6-12/h1-3,5-6,9-11H,4,7-8H2. The first kappa shape index (κ1) is 14.7. The van der Waals surface area contributed by atoms with E-state index in [2.05, 4.69) is 50.7 Å². The minimum absolute atomic E-state index is 0.210. The summed E-state index contributed by atoms with van der Waals surface area (Å²) in [6.45, 7) is 0. The normalized spacial score (nSPS) is 10.4. The van der Waals surface area contributed by atoms with Crippen LogP contribution >= 0.6 is 38.5 Å². The molecule has 0 N–H and O–H groups in total. The quantitative estimate of drug-likeness (QED) is 0.469. The van der Waals surface area contributed by atoms with Gasteiger partial charge in [-0.25, -0.2) is 0 Å². The molecule has 0 saturated heterocycles. The summed E-state index contributed by atoms with van der Waals surface area (Å²) in [4.78, 5) is 12.2. The molecule has 2 aromatic carbocycles. The Bertz CT molecular complexity index is 566. The third kappa shape index (κ3) is 4.42. The molecule has 0 saturated carbocycles. The molecule has 0 aliphatic heterocycles. The van der Waals surface area contributed by atoms with Crippen molar-refractivity contribution in [1.82, 2.24) is 0 Å². The molecule has 0 bridgehead atoms. The second-order valence-electron chi connectivity index (χ2n) is 4.39. The number of benzene rings is 2. The lowest BCUT2D eigenvalue weighted by Gasteiger charge is -2.05. The zero-order valence-corrected chi connectivity index (χ0v) is 14.1. The van der Waals surface area contributed by atoms with Crippen molar-refractivity contribution in [2.45, 2.75) is 19.3 Å². The van der Waals surface area contributed by atoms with Crippen LogP contribution in [-0.4, -0.2) is 5.78 Å². The molecule has 0 aliphatic carbocycles. The van der Waals surface area contributed by atoms with Crippen LogP contribution in [0.15, 0.2) is 53.0 Å². The third-order valence-corrected chi connectivity index (χ3v) is 4.30. The second-order valence-corrected chi connectivity index (χ2v) is 6.49. The Morgan fingerprint density at radius 3 is 2.58 bits per heavy atom. The average Bonchev–Trinajstić information content (AvgIpc) is 2.42. The van der Waals surface area contributed by atoms with Gasteiger partial charge in [0.1, 0.15) is 0 Å². The van der Waals surface area contributed by atoms with E-state index in [9.17, 15) is 4.79 Å². The Morgan fingerprint density at radius 2 is 1.84 bits per heavy atom. The summed E-state index contributed by atoms with van der Waals surface area (Å²) in [6, 6.07) is 16.2. The van der Waals surface area contributed by atoms with E-state index < -0.39 is 0 Å². The van der Waals surface area contributed by atoms with Gasteiger partial charge in [-0.2, -0.15) is 0 Å². The topological polar surface area (TPSA) is 17.1 Å². The Morgan fingerprint density at radius 1 is 1.11 bits per heavy atom. The molecule has 98 valence electrons. The molecular weight excluding hydrogens is 415 g/mol. The number of hydrogen-bond donors (Lipinski definition) is 0. The van der Waals surface area contributed by atoms with Crippen molar-refractivity contribution in [1.29, 1.82) is 0 Å². The second kappa shape index (κ2) is 7.20. The summed E-state index contributed by atoms with van der Waals surface area (Å²) < 4.78 is 1.98. The molecule has 0 fully saturated rings. The van der Waals surface area contributed by atoms with Crippen LogP contribution in [0.4, 0.5) is 0 Å². The maximum absolute atomic E-state index is 12.2. The van der Waals surface area contributed by atoms with E-state index in [4.69, 9.17) is 0 Å². The van der Waals surface area contributed by atoms with Crippen LogP contribution in [0.2, 0.25) is 0 Å². The number of hydrogen-bond acceptors (Lipinski definition) is 1. The summed E-state index contributed by atoms with van der Waals surface area (Å²) in [6.07, 6.45) is 2.43. The van der Waals surface area contributed by atoms with Gasteiger partial charge in [-0.3, -0.25) is 4.79 Å². The van der Waals surface area contributed by atoms with Gasteiger partial charge in [0.2, 0.25) is 0 Å². The highest BCUT2D eigenvalue weighted by Crippen LogP contribution is 2.21.